The molecule has 0 atom stereocenters. The summed E-state index contributed by atoms with van der Waals surface area (Å²) in [5, 5.41) is 6.28. The highest BCUT2D eigenvalue weighted by molar-refractivity contribution is 6.31. The standard InChI is InChI=1S/C34H26ClN3O5/c1-3-41-29-19-30(42-4-2)26(32(39)21-10-6-5-7-11-21)17-23(29)20-36-38-33(37-27-13-9-8-12-25(27)34(38)40)31-18-22-16-24(35)14-15-28(22)43-31/h5-20H,3-4H2,1-2H3. The van der Waals surface area contributed by atoms with E-state index in [2.05, 4.69) is 5.10 Å². The summed E-state index contributed by atoms with van der Waals surface area (Å²) in [6.45, 7) is 4.42. The van der Waals surface area contributed by atoms with Crippen LogP contribution in [0.5, 0.6) is 11.5 Å². The van der Waals surface area contributed by atoms with Gasteiger partial charge >= 0.3 is 0 Å². The molecule has 0 amide bonds. The molecule has 0 spiro atoms. The molecule has 0 bridgehead atoms. The fourth-order valence-electron chi connectivity index (χ4n) is 4.79. The molecule has 4 aromatic carbocycles. The van der Waals surface area contributed by atoms with E-state index in [9.17, 15) is 9.59 Å². The summed E-state index contributed by atoms with van der Waals surface area (Å²) in [5.41, 5.74) is 2.03. The van der Waals surface area contributed by atoms with Crippen molar-refractivity contribution in [2.45, 2.75) is 13.8 Å². The first kappa shape index (κ1) is 27.9. The predicted octanol–water partition coefficient (Wildman–Crippen LogP) is 7.37. The van der Waals surface area contributed by atoms with Crippen LogP contribution in [0.1, 0.15) is 35.3 Å². The maximum absolute atomic E-state index is 13.8. The number of ether oxygens (including phenoxy) is 2. The quantitative estimate of drug-likeness (QED) is 0.129. The van der Waals surface area contributed by atoms with E-state index in [0.29, 0.717) is 68.7 Å². The normalized spacial score (nSPS) is 11.4. The average molecular weight is 592 g/mol. The molecule has 0 radical (unpaired) electrons. The maximum atomic E-state index is 13.8. The Kier molecular flexibility index (Phi) is 7.77. The number of benzene rings is 4. The van der Waals surface area contributed by atoms with E-state index in [4.69, 9.17) is 30.5 Å². The van der Waals surface area contributed by atoms with E-state index in [0.717, 1.165) is 5.39 Å². The van der Waals surface area contributed by atoms with E-state index in [1.807, 2.05) is 26.0 Å². The molecular formula is C34H26ClN3O5. The summed E-state index contributed by atoms with van der Waals surface area (Å²) in [6.07, 6.45) is 1.48. The Bertz CT molecular complexity index is 2060. The summed E-state index contributed by atoms with van der Waals surface area (Å²) < 4.78 is 19.0. The number of aromatic nitrogens is 2. The van der Waals surface area contributed by atoms with Crippen LogP contribution in [-0.4, -0.2) is 34.9 Å². The Morgan fingerprint density at radius 2 is 1.67 bits per heavy atom. The molecule has 0 saturated heterocycles. The third-order valence-corrected chi connectivity index (χ3v) is 6.99. The lowest BCUT2D eigenvalue weighted by Gasteiger charge is -2.15. The minimum absolute atomic E-state index is 0.205. The smallest absolute Gasteiger partial charge is 0.282 e. The van der Waals surface area contributed by atoms with Gasteiger partial charge < -0.3 is 13.9 Å². The lowest BCUT2D eigenvalue weighted by molar-refractivity contribution is 0.103. The first-order valence-electron chi connectivity index (χ1n) is 13.8. The van der Waals surface area contributed by atoms with Crippen LogP contribution >= 0.6 is 11.6 Å². The molecule has 214 valence electrons. The highest BCUT2D eigenvalue weighted by Gasteiger charge is 2.20. The van der Waals surface area contributed by atoms with Crippen molar-refractivity contribution in [2.75, 3.05) is 13.2 Å². The molecule has 0 saturated carbocycles. The summed E-state index contributed by atoms with van der Waals surface area (Å²) in [5.74, 6) is 1.17. The SMILES string of the molecule is CCOc1cc(OCC)c(C(=O)c2ccccc2)cc1C=Nn1c(-c2cc3cc(Cl)ccc3o2)nc2ccccc2c1=O. The van der Waals surface area contributed by atoms with Crippen molar-refractivity contribution in [1.29, 1.82) is 0 Å². The van der Waals surface area contributed by atoms with Crippen molar-refractivity contribution >= 4 is 45.5 Å². The fourth-order valence-corrected chi connectivity index (χ4v) is 4.97. The Hall–Kier alpha value is -5.21. The van der Waals surface area contributed by atoms with E-state index in [1.165, 1.54) is 10.9 Å². The molecular weight excluding hydrogens is 566 g/mol. The number of halogens is 1. The zero-order valence-electron chi connectivity index (χ0n) is 23.4. The van der Waals surface area contributed by atoms with Crippen LogP contribution in [0.4, 0.5) is 0 Å². The van der Waals surface area contributed by atoms with E-state index in [1.54, 1.807) is 78.9 Å². The summed E-state index contributed by atoms with van der Waals surface area (Å²) in [7, 11) is 0. The molecule has 0 aliphatic heterocycles. The molecule has 2 aromatic heterocycles. The number of nitrogens with zero attached hydrogens (tertiary/aromatic N) is 3. The molecule has 6 rings (SSSR count). The topological polar surface area (TPSA) is 95.9 Å². The Labute approximate surface area is 251 Å². The number of ketones is 1. The molecule has 43 heavy (non-hydrogen) atoms. The second kappa shape index (κ2) is 12.0. The minimum Gasteiger partial charge on any atom is -0.493 e. The highest BCUT2D eigenvalue weighted by Crippen LogP contribution is 2.32. The Balaban J connectivity index is 1.53. The first-order chi connectivity index (χ1) is 21.0. The van der Waals surface area contributed by atoms with Crippen LogP contribution < -0.4 is 15.0 Å². The van der Waals surface area contributed by atoms with Gasteiger partial charge in [-0.15, -0.1) is 0 Å². The molecule has 0 unspecified atom stereocenters. The lowest BCUT2D eigenvalue weighted by atomic mass is 10.00. The van der Waals surface area contributed by atoms with E-state index >= 15 is 0 Å². The van der Waals surface area contributed by atoms with Gasteiger partial charge in [0.25, 0.3) is 5.56 Å². The summed E-state index contributed by atoms with van der Waals surface area (Å²) in [6, 6.07) is 26.3. The van der Waals surface area contributed by atoms with Crippen LogP contribution in [0, 0.1) is 0 Å². The minimum atomic E-state index is -0.389. The molecule has 6 aromatic rings. The number of hydrogen-bond acceptors (Lipinski definition) is 7. The van der Waals surface area contributed by atoms with Crippen molar-refractivity contribution in [3.63, 3.8) is 0 Å². The van der Waals surface area contributed by atoms with Crippen molar-refractivity contribution in [3.8, 4) is 23.1 Å². The van der Waals surface area contributed by atoms with Gasteiger partial charge in [-0.05, 0) is 56.3 Å². The van der Waals surface area contributed by atoms with Gasteiger partial charge in [-0.25, -0.2) is 4.98 Å². The molecule has 9 heteroatoms. The number of hydrogen-bond donors (Lipinski definition) is 0. The summed E-state index contributed by atoms with van der Waals surface area (Å²) >= 11 is 6.19. The monoisotopic (exact) mass is 591 g/mol. The van der Waals surface area contributed by atoms with Gasteiger partial charge in [-0.3, -0.25) is 9.59 Å². The number of fused-ring (bicyclic) bond motifs is 2. The van der Waals surface area contributed by atoms with E-state index < -0.39 is 0 Å². The first-order valence-corrected chi connectivity index (χ1v) is 14.1. The van der Waals surface area contributed by atoms with Gasteiger partial charge in [0.05, 0.1) is 35.9 Å². The lowest BCUT2D eigenvalue weighted by Crippen LogP contribution is -2.20. The molecule has 0 fully saturated rings. The van der Waals surface area contributed by atoms with Gasteiger partial charge in [0.2, 0.25) is 5.82 Å². The molecule has 0 aliphatic carbocycles. The van der Waals surface area contributed by atoms with Gasteiger partial charge in [0.1, 0.15) is 17.1 Å². The zero-order chi connectivity index (χ0) is 29.9. The molecule has 2 heterocycles. The van der Waals surface area contributed by atoms with Crippen LogP contribution in [0.25, 0.3) is 33.5 Å². The third-order valence-electron chi connectivity index (χ3n) is 6.76. The van der Waals surface area contributed by atoms with Crippen LogP contribution in [0.2, 0.25) is 5.02 Å². The highest BCUT2D eigenvalue weighted by atomic mass is 35.5. The van der Waals surface area contributed by atoms with Gasteiger partial charge in [-0.1, -0.05) is 54.1 Å². The van der Waals surface area contributed by atoms with Crippen molar-refractivity contribution in [3.05, 3.63) is 123 Å². The van der Waals surface area contributed by atoms with Crippen LogP contribution in [0.15, 0.2) is 105 Å². The second-order valence-corrected chi connectivity index (χ2v) is 9.99. The number of carbonyl (C=O) groups excluding carboxylic acids is 1. The predicted molar refractivity (Wildman–Crippen MR) is 168 cm³/mol. The van der Waals surface area contributed by atoms with Gasteiger partial charge in [0.15, 0.2) is 11.5 Å². The maximum Gasteiger partial charge on any atom is 0.282 e. The van der Waals surface area contributed by atoms with E-state index in [-0.39, 0.29) is 17.2 Å². The second-order valence-electron chi connectivity index (χ2n) is 9.55. The van der Waals surface area contributed by atoms with Crippen molar-refractivity contribution in [2.24, 2.45) is 5.10 Å². The zero-order valence-corrected chi connectivity index (χ0v) is 24.2. The molecule has 0 aliphatic rings. The Morgan fingerprint density at radius 1 is 0.930 bits per heavy atom. The van der Waals surface area contributed by atoms with Gasteiger partial charge in [-0.2, -0.15) is 9.78 Å². The van der Waals surface area contributed by atoms with Gasteiger partial charge in [0, 0.05) is 27.6 Å². The Morgan fingerprint density at radius 3 is 2.47 bits per heavy atom. The number of rotatable bonds is 9. The fraction of sp³-hybridized carbons (Fsp3) is 0.118. The number of carbonyl (C=O) groups is 1. The van der Waals surface area contributed by atoms with Crippen molar-refractivity contribution in [1.82, 2.24) is 9.66 Å². The average Bonchev–Trinajstić information content (AvgIpc) is 3.45. The molecule has 0 N–H and O–H groups in total. The number of furan rings is 1. The van der Waals surface area contributed by atoms with Crippen LogP contribution in [0.3, 0.4) is 0 Å². The van der Waals surface area contributed by atoms with Crippen LogP contribution in [-0.2, 0) is 0 Å². The largest absolute Gasteiger partial charge is 0.493 e. The molecule has 8 nitrogen and oxygen atoms in total. The van der Waals surface area contributed by atoms with Crippen molar-refractivity contribution < 1.29 is 18.7 Å². The summed E-state index contributed by atoms with van der Waals surface area (Å²) in [4.78, 5) is 32.0. The number of para-hydroxylation sites is 1. The third kappa shape index (κ3) is 5.52.